The molecule has 6 nitrogen and oxygen atoms in total. The van der Waals surface area contributed by atoms with E-state index in [-0.39, 0.29) is 17.5 Å². The molecule has 2 N–H and O–H groups in total. The second kappa shape index (κ2) is 8.62. The van der Waals surface area contributed by atoms with Crippen LogP contribution in [0.3, 0.4) is 0 Å². The summed E-state index contributed by atoms with van der Waals surface area (Å²) in [5, 5.41) is 5.57. The molecule has 0 aliphatic rings. The summed E-state index contributed by atoms with van der Waals surface area (Å²) in [6.07, 6.45) is 1.44. The fourth-order valence-corrected chi connectivity index (χ4v) is 2.54. The topological polar surface area (TPSA) is 80.3 Å². The van der Waals surface area contributed by atoms with Gasteiger partial charge in [0.15, 0.2) is 0 Å². The number of para-hydroxylation sites is 2. The van der Waals surface area contributed by atoms with Crippen LogP contribution in [-0.2, 0) is 6.54 Å². The number of hydrogen-bond acceptors (Lipinski definition) is 4. The molecule has 0 bridgehead atoms. The van der Waals surface area contributed by atoms with Crippen molar-refractivity contribution in [2.75, 3.05) is 12.4 Å². The Morgan fingerprint density at radius 2 is 1.70 bits per heavy atom. The van der Waals surface area contributed by atoms with Crippen molar-refractivity contribution < 1.29 is 14.3 Å². The molecule has 1 heterocycles. The lowest BCUT2D eigenvalue weighted by atomic mass is 10.2. The first-order valence-electron chi connectivity index (χ1n) is 8.40. The van der Waals surface area contributed by atoms with Gasteiger partial charge in [-0.1, -0.05) is 36.4 Å². The van der Waals surface area contributed by atoms with Crippen LogP contribution in [0, 0.1) is 0 Å². The molecule has 0 radical (unpaired) electrons. The molecule has 27 heavy (non-hydrogen) atoms. The number of amides is 2. The van der Waals surface area contributed by atoms with Gasteiger partial charge in [0.25, 0.3) is 11.8 Å². The average molecular weight is 361 g/mol. The molecule has 0 unspecified atom stereocenters. The van der Waals surface area contributed by atoms with E-state index in [2.05, 4.69) is 15.6 Å². The number of aromatic nitrogens is 1. The van der Waals surface area contributed by atoms with Crippen molar-refractivity contribution in [1.29, 1.82) is 0 Å². The predicted molar refractivity (Wildman–Crippen MR) is 103 cm³/mol. The van der Waals surface area contributed by atoms with Gasteiger partial charge >= 0.3 is 0 Å². The van der Waals surface area contributed by atoms with Crippen LogP contribution in [0.1, 0.15) is 26.4 Å². The summed E-state index contributed by atoms with van der Waals surface area (Å²) in [6.45, 7) is 0.297. The van der Waals surface area contributed by atoms with Crippen LogP contribution < -0.4 is 15.4 Å². The number of hydrogen-bond donors (Lipinski definition) is 2. The first-order valence-corrected chi connectivity index (χ1v) is 8.40. The van der Waals surface area contributed by atoms with Crippen molar-refractivity contribution in [3.05, 3.63) is 89.7 Å². The highest BCUT2D eigenvalue weighted by Gasteiger charge is 2.13. The number of anilines is 1. The van der Waals surface area contributed by atoms with Crippen LogP contribution in [0.5, 0.6) is 5.75 Å². The molecular formula is C21H19N3O3. The molecule has 0 atom stereocenters. The molecule has 2 amide bonds. The van der Waals surface area contributed by atoms with E-state index < -0.39 is 0 Å². The van der Waals surface area contributed by atoms with Crippen LogP contribution in [0.25, 0.3) is 0 Å². The minimum Gasteiger partial charge on any atom is -0.496 e. The molecule has 2 aromatic carbocycles. The third-order valence-electron chi connectivity index (χ3n) is 3.92. The van der Waals surface area contributed by atoms with E-state index in [0.29, 0.717) is 23.5 Å². The molecule has 1 aromatic heterocycles. The van der Waals surface area contributed by atoms with Gasteiger partial charge in [-0.15, -0.1) is 0 Å². The smallest absolute Gasteiger partial charge is 0.270 e. The quantitative estimate of drug-likeness (QED) is 0.706. The summed E-state index contributed by atoms with van der Waals surface area (Å²) in [4.78, 5) is 28.8. The molecule has 0 aliphatic heterocycles. The largest absolute Gasteiger partial charge is 0.496 e. The molecule has 136 valence electrons. The summed E-state index contributed by atoms with van der Waals surface area (Å²) in [5.41, 5.74) is 2.06. The van der Waals surface area contributed by atoms with Crippen LogP contribution in [0.4, 0.5) is 5.69 Å². The maximum Gasteiger partial charge on any atom is 0.270 e. The summed E-state index contributed by atoms with van der Waals surface area (Å²) >= 11 is 0. The monoisotopic (exact) mass is 361 g/mol. The Morgan fingerprint density at radius 3 is 2.48 bits per heavy atom. The molecule has 3 rings (SSSR count). The number of carbonyl (C=O) groups is 2. The summed E-state index contributed by atoms with van der Waals surface area (Å²) in [5.74, 6) is 0.0272. The summed E-state index contributed by atoms with van der Waals surface area (Å²) < 4.78 is 5.27. The number of ether oxygens (including phenoxy) is 1. The third-order valence-corrected chi connectivity index (χ3v) is 3.92. The van der Waals surface area contributed by atoms with Crippen LogP contribution in [0.2, 0.25) is 0 Å². The molecule has 0 spiro atoms. The van der Waals surface area contributed by atoms with Crippen molar-refractivity contribution in [3.8, 4) is 5.75 Å². The number of methoxy groups -OCH3 is 1. The number of nitrogens with one attached hydrogen (secondary N) is 2. The van der Waals surface area contributed by atoms with Crippen molar-refractivity contribution >= 4 is 17.5 Å². The van der Waals surface area contributed by atoms with E-state index >= 15 is 0 Å². The van der Waals surface area contributed by atoms with Gasteiger partial charge in [0.05, 0.1) is 7.11 Å². The normalized spacial score (nSPS) is 10.1. The number of nitrogens with zero attached hydrogens (tertiary/aromatic N) is 1. The van der Waals surface area contributed by atoms with Crippen molar-refractivity contribution in [1.82, 2.24) is 10.3 Å². The Balaban J connectivity index is 1.67. The minimum absolute atomic E-state index is 0.172. The van der Waals surface area contributed by atoms with E-state index in [1.165, 1.54) is 12.3 Å². The fraction of sp³-hybridized carbons (Fsp3) is 0.0952. The molecule has 0 saturated carbocycles. The predicted octanol–water partition coefficient (Wildman–Crippen LogP) is 3.27. The highest BCUT2D eigenvalue weighted by Crippen LogP contribution is 2.17. The van der Waals surface area contributed by atoms with Gasteiger partial charge in [0, 0.05) is 29.6 Å². The second-order valence-electron chi connectivity index (χ2n) is 5.74. The number of benzene rings is 2. The SMILES string of the molecule is COc1ccccc1CNC(=O)c1cc(C(=O)Nc2ccccc2)ccn1. The van der Waals surface area contributed by atoms with E-state index in [9.17, 15) is 9.59 Å². The lowest BCUT2D eigenvalue weighted by Gasteiger charge is -2.10. The van der Waals surface area contributed by atoms with Crippen molar-refractivity contribution in [2.45, 2.75) is 6.54 Å². The van der Waals surface area contributed by atoms with Gasteiger partial charge in [-0.25, -0.2) is 0 Å². The Hall–Kier alpha value is -3.67. The Morgan fingerprint density at radius 1 is 0.963 bits per heavy atom. The first kappa shape index (κ1) is 18.1. The van der Waals surface area contributed by atoms with Gasteiger partial charge < -0.3 is 15.4 Å². The van der Waals surface area contributed by atoms with Gasteiger partial charge in [0.2, 0.25) is 0 Å². The molecule has 0 aliphatic carbocycles. The standard InChI is InChI=1S/C21H19N3O3/c1-27-19-10-6-5-7-16(19)14-23-21(26)18-13-15(11-12-22-18)20(25)24-17-8-3-2-4-9-17/h2-13H,14H2,1H3,(H,23,26)(H,24,25). The third kappa shape index (κ3) is 4.70. The fourth-order valence-electron chi connectivity index (χ4n) is 2.54. The molecule has 6 heteroatoms. The minimum atomic E-state index is -0.365. The average Bonchev–Trinajstić information content (AvgIpc) is 2.73. The highest BCUT2D eigenvalue weighted by atomic mass is 16.5. The summed E-state index contributed by atoms with van der Waals surface area (Å²) in [6, 6.07) is 19.6. The molecule has 0 fully saturated rings. The van der Waals surface area contributed by atoms with Gasteiger partial charge in [-0.3, -0.25) is 14.6 Å². The van der Waals surface area contributed by atoms with E-state index in [1.807, 2.05) is 42.5 Å². The van der Waals surface area contributed by atoms with Crippen LogP contribution in [0.15, 0.2) is 72.9 Å². The lowest BCUT2D eigenvalue weighted by molar-refractivity contribution is 0.0945. The van der Waals surface area contributed by atoms with Gasteiger partial charge in [-0.05, 0) is 30.3 Å². The van der Waals surface area contributed by atoms with Crippen molar-refractivity contribution in [2.24, 2.45) is 0 Å². The zero-order valence-electron chi connectivity index (χ0n) is 14.8. The van der Waals surface area contributed by atoms with E-state index in [1.54, 1.807) is 25.3 Å². The number of carbonyl (C=O) groups excluding carboxylic acids is 2. The van der Waals surface area contributed by atoms with Gasteiger partial charge in [0.1, 0.15) is 11.4 Å². The van der Waals surface area contributed by atoms with Crippen LogP contribution in [-0.4, -0.2) is 23.9 Å². The number of pyridine rings is 1. The zero-order valence-corrected chi connectivity index (χ0v) is 14.8. The molecule has 3 aromatic rings. The number of rotatable bonds is 6. The molecular weight excluding hydrogens is 342 g/mol. The van der Waals surface area contributed by atoms with E-state index in [0.717, 1.165) is 5.56 Å². The van der Waals surface area contributed by atoms with Crippen LogP contribution >= 0.6 is 0 Å². The lowest BCUT2D eigenvalue weighted by Crippen LogP contribution is -2.24. The maximum absolute atomic E-state index is 12.4. The van der Waals surface area contributed by atoms with Gasteiger partial charge in [-0.2, -0.15) is 0 Å². The summed E-state index contributed by atoms with van der Waals surface area (Å²) in [7, 11) is 1.58. The Labute approximate surface area is 157 Å². The van der Waals surface area contributed by atoms with Crippen molar-refractivity contribution in [3.63, 3.8) is 0 Å². The molecule has 0 saturated heterocycles. The highest BCUT2D eigenvalue weighted by molar-refractivity contribution is 6.05. The maximum atomic E-state index is 12.4. The zero-order chi connectivity index (χ0) is 19.1. The Bertz CT molecular complexity index is 942. The van der Waals surface area contributed by atoms with E-state index in [4.69, 9.17) is 4.74 Å². The second-order valence-corrected chi connectivity index (χ2v) is 5.74. The Kier molecular flexibility index (Phi) is 5.79. The first-order chi connectivity index (χ1) is 13.2.